The maximum absolute atomic E-state index is 13.0. The Morgan fingerprint density at radius 3 is 2.58 bits per heavy atom. The average Bonchev–Trinajstić information content (AvgIpc) is 2.62. The average molecular weight is 437 g/mol. The van der Waals surface area contributed by atoms with Crippen LogP contribution in [0.3, 0.4) is 0 Å². The van der Waals surface area contributed by atoms with Crippen LogP contribution in [0, 0.1) is 5.82 Å². The minimum atomic E-state index is -0.458. The number of nitrogens with zero attached hydrogens (tertiary/aromatic N) is 2. The molecule has 26 heavy (non-hydrogen) atoms. The van der Waals surface area contributed by atoms with Crippen molar-refractivity contribution in [2.75, 3.05) is 0 Å². The minimum absolute atomic E-state index is 0.0576. The normalized spacial score (nSPS) is 10.6. The van der Waals surface area contributed by atoms with E-state index in [1.54, 1.807) is 12.1 Å². The Bertz CT molecular complexity index is 1020. The molecule has 0 unspecified atom stereocenters. The zero-order chi connectivity index (χ0) is 18.7. The van der Waals surface area contributed by atoms with E-state index in [-0.39, 0.29) is 12.2 Å². The van der Waals surface area contributed by atoms with Gasteiger partial charge in [-0.3, -0.25) is 9.59 Å². The molecule has 0 saturated heterocycles. The molecule has 0 radical (unpaired) electrons. The number of rotatable bonds is 4. The van der Waals surface area contributed by atoms with Crippen LogP contribution in [0.1, 0.15) is 16.1 Å². The van der Waals surface area contributed by atoms with Crippen LogP contribution in [0.2, 0.25) is 5.02 Å². The lowest BCUT2D eigenvalue weighted by atomic mass is 10.2. The number of hydrogen-bond acceptors (Lipinski definition) is 3. The van der Waals surface area contributed by atoms with Crippen LogP contribution in [-0.2, 0) is 6.54 Å². The van der Waals surface area contributed by atoms with Gasteiger partial charge in [-0.2, -0.15) is 9.78 Å². The van der Waals surface area contributed by atoms with Crippen molar-refractivity contribution in [2.24, 2.45) is 0 Å². The van der Waals surface area contributed by atoms with Crippen molar-refractivity contribution >= 4 is 33.4 Å². The van der Waals surface area contributed by atoms with Crippen LogP contribution in [0.5, 0.6) is 0 Å². The number of benzene rings is 2. The molecule has 1 N–H and O–H groups in total. The summed E-state index contributed by atoms with van der Waals surface area (Å²) in [6.07, 6.45) is 0. The van der Waals surface area contributed by atoms with Gasteiger partial charge in [-0.05, 0) is 48.0 Å². The van der Waals surface area contributed by atoms with E-state index in [0.29, 0.717) is 10.7 Å². The Balaban J connectivity index is 1.80. The number of carbonyl (C=O) groups is 1. The summed E-state index contributed by atoms with van der Waals surface area (Å²) in [5, 5.41) is 7.27. The maximum atomic E-state index is 13.0. The second kappa shape index (κ2) is 7.80. The number of hydrogen-bond donors (Lipinski definition) is 1. The molecule has 5 nitrogen and oxygen atoms in total. The molecule has 0 atom stereocenters. The summed E-state index contributed by atoms with van der Waals surface area (Å²) in [5.74, 6) is -0.887. The molecule has 1 heterocycles. The fourth-order valence-corrected chi connectivity index (χ4v) is 2.97. The first-order chi connectivity index (χ1) is 12.4. The Morgan fingerprint density at radius 1 is 1.15 bits per heavy atom. The summed E-state index contributed by atoms with van der Waals surface area (Å²) in [6, 6.07) is 13.2. The smallest absolute Gasteiger partial charge is 0.272 e. The minimum Gasteiger partial charge on any atom is -0.347 e. The molecule has 8 heteroatoms. The summed E-state index contributed by atoms with van der Waals surface area (Å²) in [5.41, 5.74) is 0.739. The van der Waals surface area contributed by atoms with Gasteiger partial charge in [0.2, 0.25) is 0 Å². The van der Waals surface area contributed by atoms with E-state index < -0.39 is 17.3 Å². The van der Waals surface area contributed by atoms with Gasteiger partial charge in [-0.25, -0.2) is 4.39 Å². The lowest BCUT2D eigenvalue weighted by Crippen LogP contribution is -2.28. The zero-order valence-corrected chi connectivity index (χ0v) is 15.6. The summed E-state index contributed by atoms with van der Waals surface area (Å²) < 4.78 is 14.9. The summed E-state index contributed by atoms with van der Waals surface area (Å²) in [7, 11) is 0. The highest BCUT2D eigenvalue weighted by molar-refractivity contribution is 9.10. The fraction of sp³-hybridized carbons (Fsp3) is 0.0556. The Labute approximate surface area is 161 Å². The maximum Gasteiger partial charge on any atom is 0.272 e. The van der Waals surface area contributed by atoms with E-state index in [1.807, 2.05) is 6.07 Å². The van der Waals surface area contributed by atoms with Crippen LogP contribution in [0.25, 0.3) is 5.69 Å². The molecule has 0 aliphatic rings. The second-order valence-corrected chi connectivity index (χ2v) is 6.69. The largest absolute Gasteiger partial charge is 0.347 e. The van der Waals surface area contributed by atoms with Crippen LogP contribution in [0.15, 0.2) is 63.9 Å². The third-order valence-electron chi connectivity index (χ3n) is 3.56. The van der Waals surface area contributed by atoms with Crippen molar-refractivity contribution in [3.8, 4) is 5.69 Å². The first kappa shape index (κ1) is 18.3. The molecule has 132 valence electrons. The third kappa shape index (κ3) is 4.17. The molecular weight excluding hydrogens is 425 g/mol. The van der Waals surface area contributed by atoms with Gasteiger partial charge in [0.1, 0.15) is 11.5 Å². The van der Waals surface area contributed by atoms with Gasteiger partial charge in [-0.1, -0.05) is 33.6 Å². The first-order valence-electron chi connectivity index (χ1n) is 7.52. The van der Waals surface area contributed by atoms with E-state index in [2.05, 4.69) is 26.3 Å². The van der Waals surface area contributed by atoms with Gasteiger partial charge < -0.3 is 5.32 Å². The number of nitrogens with one attached hydrogen (secondary N) is 1. The molecule has 0 aliphatic carbocycles. The molecule has 0 saturated carbocycles. The van der Waals surface area contributed by atoms with Crippen LogP contribution < -0.4 is 10.9 Å². The molecule has 0 bridgehead atoms. The lowest BCUT2D eigenvalue weighted by molar-refractivity contribution is 0.0944. The highest BCUT2D eigenvalue weighted by Gasteiger charge is 2.11. The summed E-state index contributed by atoms with van der Waals surface area (Å²) in [4.78, 5) is 24.3. The monoisotopic (exact) mass is 435 g/mol. The molecule has 2 aromatic carbocycles. The molecule has 3 rings (SSSR count). The topological polar surface area (TPSA) is 64.0 Å². The van der Waals surface area contributed by atoms with Gasteiger partial charge in [0, 0.05) is 22.1 Å². The number of halogens is 3. The van der Waals surface area contributed by atoms with Crippen molar-refractivity contribution in [1.29, 1.82) is 0 Å². The highest BCUT2D eigenvalue weighted by atomic mass is 79.9. The van der Waals surface area contributed by atoms with Crippen molar-refractivity contribution < 1.29 is 9.18 Å². The molecule has 0 fully saturated rings. The third-order valence-corrected chi connectivity index (χ3v) is 4.40. The molecule has 0 spiro atoms. The number of carbonyl (C=O) groups excluding carboxylic acids is 1. The molecule has 0 aliphatic heterocycles. The van der Waals surface area contributed by atoms with Gasteiger partial charge in [0.15, 0.2) is 0 Å². The van der Waals surface area contributed by atoms with Crippen LogP contribution >= 0.6 is 27.5 Å². The van der Waals surface area contributed by atoms with Crippen LogP contribution in [-0.4, -0.2) is 15.7 Å². The summed E-state index contributed by atoms with van der Waals surface area (Å²) in [6.45, 7) is 0.211. The van der Waals surface area contributed by atoms with Crippen molar-refractivity contribution in [2.45, 2.75) is 6.54 Å². The van der Waals surface area contributed by atoms with Crippen molar-refractivity contribution in [3.63, 3.8) is 0 Å². The van der Waals surface area contributed by atoms with Crippen LogP contribution in [0.4, 0.5) is 4.39 Å². The van der Waals surface area contributed by atoms with E-state index in [9.17, 15) is 14.0 Å². The Kier molecular flexibility index (Phi) is 5.49. The molecule has 3 aromatic rings. The highest BCUT2D eigenvalue weighted by Crippen LogP contribution is 2.21. The Hall–Kier alpha value is -2.51. The number of aromatic nitrogens is 2. The van der Waals surface area contributed by atoms with Gasteiger partial charge in [0.25, 0.3) is 11.5 Å². The lowest BCUT2D eigenvalue weighted by Gasteiger charge is -2.09. The first-order valence-corrected chi connectivity index (χ1v) is 8.69. The predicted molar refractivity (Wildman–Crippen MR) is 100 cm³/mol. The quantitative estimate of drug-likeness (QED) is 0.678. The van der Waals surface area contributed by atoms with E-state index >= 15 is 0 Å². The van der Waals surface area contributed by atoms with E-state index in [0.717, 1.165) is 14.7 Å². The SMILES string of the molecule is O=C(NCc1ccc(Br)cc1Cl)c1ccc(=O)n(-c2ccc(F)cc2)n1. The van der Waals surface area contributed by atoms with Gasteiger partial charge in [0.05, 0.1) is 5.69 Å². The van der Waals surface area contributed by atoms with E-state index in [1.165, 1.54) is 36.4 Å². The summed E-state index contributed by atoms with van der Waals surface area (Å²) >= 11 is 9.44. The Morgan fingerprint density at radius 2 is 1.88 bits per heavy atom. The molecule has 1 aromatic heterocycles. The fourth-order valence-electron chi connectivity index (χ4n) is 2.23. The molecule has 1 amide bonds. The second-order valence-electron chi connectivity index (χ2n) is 5.36. The van der Waals surface area contributed by atoms with E-state index in [4.69, 9.17) is 11.6 Å². The van der Waals surface area contributed by atoms with Crippen molar-refractivity contribution in [1.82, 2.24) is 15.1 Å². The predicted octanol–water partition coefficient (Wildman–Crippen LogP) is 3.72. The number of amides is 1. The zero-order valence-electron chi connectivity index (χ0n) is 13.2. The molecular formula is C18H12BrClFN3O2. The standard InChI is InChI=1S/C18H12BrClFN3O2/c19-12-2-1-11(15(20)9-12)10-22-18(26)16-7-8-17(25)24(23-16)14-5-3-13(21)4-6-14/h1-9H,10H2,(H,22,26). The van der Waals surface area contributed by atoms with Crippen molar-refractivity contribution in [3.05, 3.63) is 91.5 Å². The van der Waals surface area contributed by atoms with Gasteiger partial charge >= 0.3 is 0 Å². The van der Waals surface area contributed by atoms with Gasteiger partial charge in [-0.15, -0.1) is 0 Å².